The molecule has 0 fully saturated rings. The van der Waals surface area contributed by atoms with E-state index in [1.165, 1.54) is 11.8 Å². The van der Waals surface area contributed by atoms with E-state index >= 15 is 0 Å². The Labute approximate surface area is 152 Å². The Kier molecular flexibility index (Phi) is 5.55. The van der Waals surface area contributed by atoms with E-state index in [0.29, 0.717) is 28.2 Å². The minimum atomic E-state index is -0.0941. The van der Waals surface area contributed by atoms with Crippen molar-refractivity contribution in [3.8, 4) is 10.7 Å². The Morgan fingerprint density at radius 1 is 1.38 bits per heavy atom. The van der Waals surface area contributed by atoms with E-state index in [1.54, 1.807) is 17.4 Å². The van der Waals surface area contributed by atoms with Gasteiger partial charge in [0.25, 0.3) is 0 Å². The van der Waals surface area contributed by atoms with E-state index < -0.39 is 0 Å². The van der Waals surface area contributed by atoms with Crippen molar-refractivity contribution >= 4 is 46.3 Å². The first kappa shape index (κ1) is 17.0. The zero-order valence-electron chi connectivity index (χ0n) is 12.8. The minimum Gasteiger partial charge on any atom is -0.338 e. The third-order valence-electron chi connectivity index (χ3n) is 3.21. The van der Waals surface area contributed by atoms with Crippen molar-refractivity contribution in [3.05, 3.63) is 52.2 Å². The fourth-order valence-electron chi connectivity index (χ4n) is 1.98. The molecule has 0 radical (unpaired) electrons. The average Bonchev–Trinajstić information content (AvgIpc) is 3.23. The summed E-state index contributed by atoms with van der Waals surface area (Å²) >= 11 is 9.01. The van der Waals surface area contributed by atoms with Gasteiger partial charge < -0.3 is 9.84 Å². The molecule has 0 saturated carbocycles. The summed E-state index contributed by atoms with van der Waals surface area (Å²) in [6, 6.07) is 9.31. The van der Waals surface area contributed by atoms with E-state index in [1.807, 2.05) is 36.6 Å². The van der Waals surface area contributed by atoms with Crippen LogP contribution < -0.4 is 5.32 Å². The molecule has 1 amide bonds. The van der Waals surface area contributed by atoms with E-state index in [0.717, 1.165) is 16.1 Å². The highest BCUT2D eigenvalue weighted by Crippen LogP contribution is 2.24. The molecule has 0 saturated heterocycles. The smallest absolute Gasteiger partial charge is 0.236 e. The summed E-state index contributed by atoms with van der Waals surface area (Å²) in [5.74, 6) is 1.78. The highest BCUT2D eigenvalue weighted by molar-refractivity contribution is 7.99. The Morgan fingerprint density at radius 2 is 2.25 bits per heavy atom. The second-order valence-corrected chi connectivity index (χ2v) is 7.28. The molecule has 0 aliphatic rings. The molecular formula is C16H14ClN3O2S2. The molecule has 1 N–H and O–H groups in total. The quantitative estimate of drug-likeness (QED) is 0.676. The maximum absolute atomic E-state index is 12.0. The number of nitrogens with one attached hydrogen (secondary N) is 1. The molecular weight excluding hydrogens is 366 g/mol. The van der Waals surface area contributed by atoms with Crippen LogP contribution in [0.15, 0.2) is 40.2 Å². The van der Waals surface area contributed by atoms with Crippen LogP contribution in [-0.2, 0) is 10.5 Å². The molecule has 0 atom stereocenters. The van der Waals surface area contributed by atoms with Gasteiger partial charge in [-0.1, -0.05) is 28.9 Å². The highest BCUT2D eigenvalue weighted by Gasteiger charge is 2.11. The van der Waals surface area contributed by atoms with Gasteiger partial charge in [0, 0.05) is 10.7 Å². The maximum atomic E-state index is 12.0. The van der Waals surface area contributed by atoms with E-state index in [-0.39, 0.29) is 5.91 Å². The number of thioether (sulfide) groups is 1. The lowest BCUT2D eigenvalue weighted by molar-refractivity contribution is -0.113. The predicted octanol–water partition coefficient (Wildman–Crippen LogP) is 4.63. The number of halogens is 1. The van der Waals surface area contributed by atoms with E-state index in [2.05, 4.69) is 15.5 Å². The monoisotopic (exact) mass is 379 g/mol. The molecule has 3 rings (SSSR count). The third kappa shape index (κ3) is 4.17. The molecule has 24 heavy (non-hydrogen) atoms. The van der Waals surface area contributed by atoms with Gasteiger partial charge in [0.05, 0.1) is 16.4 Å². The van der Waals surface area contributed by atoms with Crippen LogP contribution in [0.3, 0.4) is 0 Å². The lowest BCUT2D eigenvalue weighted by Gasteiger charge is -2.08. The van der Waals surface area contributed by atoms with Gasteiger partial charge in [0.15, 0.2) is 0 Å². The molecule has 8 heteroatoms. The van der Waals surface area contributed by atoms with Gasteiger partial charge in [-0.2, -0.15) is 4.98 Å². The van der Waals surface area contributed by atoms with Crippen LogP contribution >= 0.6 is 34.7 Å². The van der Waals surface area contributed by atoms with Crippen molar-refractivity contribution in [1.82, 2.24) is 10.1 Å². The molecule has 2 heterocycles. The molecule has 5 nitrogen and oxygen atoms in total. The fourth-order valence-corrected chi connectivity index (χ4v) is 3.45. The summed E-state index contributed by atoms with van der Waals surface area (Å²) in [4.78, 5) is 17.3. The Balaban J connectivity index is 1.49. The molecule has 0 bridgehead atoms. The second kappa shape index (κ2) is 7.83. The van der Waals surface area contributed by atoms with Crippen molar-refractivity contribution in [2.24, 2.45) is 0 Å². The zero-order chi connectivity index (χ0) is 16.9. The van der Waals surface area contributed by atoms with Gasteiger partial charge in [-0.15, -0.1) is 23.1 Å². The van der Waals surface area contributed by atoms with Crippen molar-refractivity contribution in [1.29, 1.82) is 0 Å². The van der Waals surface area contributed by atoms with Crippen LogP contribution in [0.2, 0.25) is 5.02 Å². The number of hydrogen-bond acceptors (Lipinski definition) is 6. The number of amides is 1. The number of benzene rings is 1. The Hall–Kier alpha value is -1.83. The summed E-state index contributed by atoms with van der Waals surface area (Å²) in [7, 11) is 0. The summed E-state index contributed by atoms with van der Waals surface area (Å²) in [6.45, 7) is 1.87. The van der Waals surface area contributed by atoms with Crippen LogP contribution in [0.25, 0.3) is 10.7 Å². The first-order valence-corrected chi connectivity index (χ1v) is 9.54. The molecule has 3 aromatic rings. The number of nitrogens with zero attached hydrogens (tertiary/aromatic N) is 2. The van der Waals surface area contributed by atoms with Gasteiger partial charge in [-0.25, -0.2) is 0 Å². The lowest BCUT2D eigenvalue weighted by Crippen LogP contribution is -2.15. The second-order valence-electron chi connectivity index (χ2n) is 4.94. The van der Waals surface area contributed by atoms with Crippen LogP contribution in [0, 0.1) is 6.92 Å². The van der Waals surface area contributed by atoms with Gasteiger partial charge in [0.2, 0.25) is 17.6 Å². The summed E-state index contributed by atoms with van der Waals surface area (Å²) in [5.41, 5.74) is 1.58. The zero-order valence-corrected chi connectivity index (χ0v) is 15.2. The number of aromatic nitrogens is 2. The van der Waals surface area contributed by atoms with Crippen LogP contribution in [0.5, 0.6) is 0 Å². The molecule has 0 aliphatic heterocycles. The third-order valence-corrected chi connectivity index (χ3v) is 5.40. The van der Waals surface area contributed by atoms with Crippen molar-refractivity contribution in [2.45, 2.75) is 12.7 Å². The number of hydrogen-bond donors (Lipinski definition) is 1. The first-order valence-electron chi connectivity index (χ1n) is 7.12. The van der Waals surface area contributed by atoms with Crippen molar-refractivity contribution in [3.63, 3.8) is 0 Å². The topological polar surface area (TPSA) is 68.0 Å². The first-order chi connectivity index (χ1) is 11.6. The molecule has 0 spiro atoms. The summed E-state index contributed by atoms with van der Waals surface area (Å²) in [6.07, 6.45) is 0. The van der Waals surface area contributed by atoms with E-state index in [4.69, 9.17) is 16.1 Å². The maximum Gasteiger partial charge on any atom is 0.236 e. The van der Waals surface area contributed by atoms with Gasteiger partial charge in [-0.3, -0.25) is 4.79 Å². The normalized spacial score (nSPS) is 10.8. The highest BCUT2D eigenvalue weighted by atomic mass is 35.5. The standard InChI is InChI=1S/C16H14ClN3O2S2/c1-10-11(17)4-2-5-12(10)18-14(21)8-23-9-15-19-16(20-22-15)13-6-3-7-24-13/h2-7H,8-9H2,1H3,(H,18,21). The minimum absolute atomic E-state index is 0.0941. The van der Waals surface area contributed by atoms with Gasteiger partial charge in [-0.05, 0) is 36.1 Å². The number of carbonyl (C=O) groups excluding carboxylic acids is 1. The van der Waals surface area contributed by atoms with Crippen LogP contribution in [-0.4, -0.2) is 21.8 Å². The number of rotatable bonds is 6. The van der Waals surface area contributed by atoms with Crippen molar-refractivity contribution in [2.75, 3.05) is 11.1 Å². The van der Waals surface area contributed by atoms with Gasteiger partial charge in [0.1, 0.15) is 0 Å². The SMILES string of the molecule is Cc1c(Cl)cccc1NC(=O)CSCc1nc(-c2cccs2)no1. The number of thiophene rings is 1. The van der Waals surface area contributed by atoms with Crippen molar-refractivity contribution < 1.29 is 9.32 Å². The summed E-state index contributed by atoms with van der Waals surface area (Å²) < 4.78 is 5.20. The van der Waals surface area contributed by atoms with Gasteiger partial charge >= 0.3 is 0 Å². The predicted molar refractivity (Wildman–Crippen MR) is 98.6 cm³/mol. The van der Waals surface area contributed by atoms with Crippen LogP contribution in [0.1, 0.15) is 11.5 Å². The average molecular weight is 380 g/mol. The van der Waals surface area contributed by atoms with Crippen LogP contribution in [0.4, 0.5) is 5.69 Å². The largest absolute Gasteiger partial charge is 0.338 e. The Bertz CT molecular complexity index is 834. The molecule has 124 valence electrons. The Morgan fingerprint density at radius 3 is 3.04 bits per heavy atom. The molecule has 0 unspecified atom stereocenters. The molecule has 0 aliphatic carbocycles. The number of carbonyl (C=O) groups is 1. The summed E-state index contributed by atoms with van der Waals surface area (Å²) in [5, 5.41) is 9.39. The fraction of sp³-hybridized carbons (Fsp3) is 0.188. The molecule has 1 aromatic carbocycles. The van der Waals surface area contributed by atoms with E-state index in [9.17, 15) is 4.79 Å². The molecule has 2 aromatic heterocycles. The lowest BCUT2D eigenvalue weighted by atomic mass is 10.2. The number of anilines is 1.